The Morgan fingerprint density at radius 2 is 2.40 bits per heavy atom. The summed E-state index contributed by atoms with van der Waals surface area (Å²) in [6.07, 6.45) is 1.55. The molecular weight excluding hydrogens is 152 g/mol. The molecule has 0 amide bonds. The van der Waals surface area contributed by atoms with Crippen LogP contribution in [-0.2, 0) is 11.0 Å². The number of hydrogen-bond acceptors (Lipinski definition) is 3. The van der Waals surface area contributed by atoms with Gasteiger partial charge in [0.2, 0.25) is 0 Å². The highest BCUT2D eigenvalue weighted by Crippen LogP contribution is 2.07. The molecule has 1 rings (SSSR count). The molecule has 1 atom stereocenters. The summed E-state index contributed by atoms with van der Waals surface area (Å²) in [4.78, 5) is 0. The van der Waals surface area contributed by atoms with E-state index in [0.717, 1.165) is 0 Å². The van der Waals surface area contributed by atoms with Crippen LogP contribution in [0.25, 0.3) is 0 Å². The van der Waals surface area contributed by atoms with E-state index in [-0.39, 0.29) is 0 Å². The van der Waals surface area contributed by atoms with E-state index in [1.807, 2.05) is 0 Å². The lowest BCUT2D eigenvalue weighted by Crippen LogP contribution is -2.64. The van der Waals surface area contributed by atoms with Crippen LogP contribution in [0.4, 0.5) is 0 Å². The van der Waals surface area contributed by atoms with Crippen molar-refractivity contribution >= 4 is 11.0 Å². The minimum absolute atomic E-state index is 0.406. The molecule has 1 heterocycles. The second kappa shape index (κ2) is 2.96. The average molecular weight is 164 g/mol. The maximum absolute atomic E-state index is 10.5. The van der Waals surface area contributed by atoms with Crippen molar-refractivity contribution in [2.75, 3.05) is 25.9 Å². The Balaban J connectivity index is 2.18. The molecule has 1 aliphatic heterocycles. The fourth-order valence-electron chi connectivity index (χ4n) is 0.775. The van der Waals surface area contributed by atoms with Gasteiger partial charge in [0, 0.05) is 25.9 Å². The van der Waals surface area contributed by atoms with Crippen molar-refractivity contribution in [2.24, 2.45) is 0 Å². The van der Waals surface area contributed by atoms with Gasteiger partial charge >= 0.3 is 0 Å². The molecule has 0 aromatic heterocycles. The van der Waals surface area contributed by atoms with Gasteiger partial charge in [-0.2, -0.15) is 0 Å². The Morgan fingerprint density at radius 3 is 2.70 bits per heavy atom. The van der Waals surface area contributed by atoms with Crippen LogP contribution in [0, 0.1) is 0 Å². The first-order valence-electron chi connectivity index (χ1n) is 3.12. The molecule has 0 bridgehead atoms. The quantitative estimate of drug-likeness (QED) is 0.461. The summed E-state index contributed by atoms with van der Waals surface area (Å²) in [5.41, 5.74) is -0.661. The van der Waals surface area contributed by atoms with Gasteiger partial charge < -0.3 is 10.4 Å². The van der Waals surface area contributed by atoms with Gasteiger partial charge in [-0.3, -0.25) is 0 Å². The van der Waals surface area contributed by atoms with Crippen molar-refractivity contribution in [3.8, 4) is 0 Å². The smallest absolute Gasteiger partial charge is 0.103 e. The third-order valence-electron chi connectivity index (χ3n) is 1.51. The minimum Gasteiger partial charge on any atom is -0.386 e. The number of hydrogen-bond donors (Lipinski definition) is 3. The monoisotopic (exact) mass is 164 g/mol. The van der Waals surface area contributed by atoms with Gasteiger partial charge in [-0.1, -0.05) is 0 Å². The van der Waals surface area contributed by atoms with E-state index in [0.29, 0.717) is 19.6 Å². The number of β-amino-alcohol motifs (C(OH)–C–C–N with tert-alkyl or cyclic N) is 1. The topological polar surface area (TPSA) is 61.4 Å². The molecule has 0 aromatic rings. The standard InChI is InChI=1S/C5H12N2O2S/c1-10(9)7-4-5(8)2-6-3-5/h6-8H,2-4H2,1H3. The molecule has 1 unspecified atom stereocenters. The summed E-state index contributed by atoms with van der Waals surface area (Å²) in [5.74, 6) is 0. The summed E-state index contributed by atoms with van der Waals surface area (Å²) in [6.45, 7) is 1.59. The highest BCUT2D eigenvalue weighted by molar-refractivity contribution is 7.82. The van der Waals surface area contributed by atoms with E-state index in [2.05, 4.69) is 10.0 Å². The zero-order chi connectivity index (χ0) is 7.61. The number of rotatable bonds is 3. The fraction of sp³-hybridized carbons (Fsp3) is 1.00. The van der Waals surface area contributed by atoms with E-state index in [1.54, 1.807) is 6.26 Å². The molecule has 0 aromatic carbocycles. The maximum Gasteiger partial charge on any atom is 0.103 e. The SMILES string of the molecule is CS(=O)NCC1(O)CNC1. The highest BCUT2D eigenvalue weighted by Gasteiger charge is 2.33. The number of aliphatic hydroxyl groups is 1. The van der Waals surface area contributed by atoms with Crippen molar-refractivity contribution in [1.82, 2.24) is 10.0 Å². The van der Waals surface area contributed by atoms with Crippen molar-refractivity contribution in [2.45, 2.75) is 5.60 Å². The van der Waals surface area contributed by atoms with Crippen LogP contribution in [0.1, 0.15) is 0 Å². The van der Waals surface area contributed by atoms with Gasteiger partial charge in [0.05, 0.1) is 11.0 Å². The summed E-state index contributed by atoms with van der Waals surface area (Å²) in [7, 11) is -1.02. The molecule has 1 saturated heterocycles. The molecule has 0 saturated carbocycles. The van der Waals surface area contributed by atoms with Crippen LogP contribution in [0.5, 0.6) is 0 Å². The predicted molar refractivity (Wildman–Crippen MR) is 39.9 cm³/mol. The molecular formula is C5H12N2O2S. The van der Waals surface area contributed by atoms with Crippen molar-refractivity contribution in [3.63, 3.8) is 0 Å². The van der Waals surface area contributed by atoms with Crippen molar-refractivity contribution in [3.05, 3.63) is 0 Å². The third-order valence-corrected chi connectivity index (χ3v) is 2.06. The summed E-state index contributed by atoms with van der Waals surface area (Å²) in [5, 5.41) is 12.3. The van der Waals surface area contributed by atoms with Gasteiger partial charge in [0.25, 0.3) is 0 Å². The minimum atomic E-state index is -1.02. The van der Waals surface area contributed by atoms with Crippen molar-refractivity contribution in [1.29, 1.82) is 0 Å². The maximum atomic E-state index is 10.5. The Kier molecular flexibility index (Phi) is 2.40. The van der Waals surface area contributed by atoms with Gasteiger partial charge in [-0.15, -0.1) is 0 Å². The largest absolute Gasteiger partial charge is 0.386 e. The lowest BCUT2D eigenvalue weighted by molar-refractivity contribution is -0.00367. The first-order valence-corrected chi connectivity index (χ1v) is 4.68. The average Bonchev–Trinajstić information content (AvgIpc) is 1.79. The summed E-state index contributed by atoms with van der Waals surface area (Å²) < 4.78 is 13.2. The first-order chi connectivity index (χ1) is 4.62. The van der Waals surface area contributed by atoms with Crippen LogP contribution in [-0.4, -0.2) is 40.8 Å². The van der Waals surface area contributed by atoms with Gasteiger partial charge in [0.15, 0.2) is 0 Å². The molecule has 0 radical (unpaired) electrons. The van der Waals surface area contributed by atoms with Gasteiger partial charge in [-0.05, 0) is 0 Å². The highest BCUT2D eigenvalue weighted by atomic mass is 32.2. The molecule has 0 spiro atoms. The Labute approximate surface area is 62.6 Å². The zero-order valence-corrected chi connectivity index (χ0v) is 6.70. The zero-order valence-electron chi connectivity index (χ0n) is 5.89. The van der Waals surface area contributed by atoms with Crippen LogP contribution in [0.15, 0.2) is 0 Å². The third kappa shape index (κ3) is 2.02. The second-order valence-electron chi connectivity index (χ2n) is 2.60. The van der Waals surface area contributed by atoms with Gasteiger partial charge in [0.1, 0.15) is 5.60 Å². The summed E-state index contributed by atoms with van der Waals surface area (Å²) >= 11 is 0. The molecule has 4 nitrogen and oxygen atoms in total. The molecule has 3 N–H and O–H groups in total. The Bertz CT molecular complexity index is 147. The molecule has 10 heavy (non-hydrogen) atoms. The fourth-order valence-corrected chi connectivity index (χ4v) is 1.25. The van der Waals surface area contributed by atoms with Crippen LogP contribution >= 0.6 is 0 Å². The number of nitrogens with one attached hydrogen (secondary N) is 2. The van der Waals surface area contributed by atoms with E-state index in [1.165, 1.54) is 0 Å². The second-order valence-corrected chi connectivity index (χ2v) is 3.80. The Hall–Kier alpha value is 0.0300. The Morgan fingerprint density at radius 1 is 1.80 bits per heavy atom. The first kappa shape index (κ1) is 8.13. The van der Waals surface area contributed by atoms with Crippen LogP contribution < -0.4 is 10.0 Å². The normalized spacial score (nSPS) is 25.4. The summed E-state index contributed by atoms with van der Waals surface area (Å²) in [6, 6.07) is 0. The molecule has 5 heteroatoms. The van der Waals surface area contributed by atoms with Crippen molar-refractivity contribution < 1.29 is 9.32 Å². The predicted octanol–water partition coefficient (Wildman–Crippen LogP) is -1.80. The van der Waals surface area contributed by atoms with E-state index < -0.39 is 16.6 Å². The van der Waals surface area contributed by atoms with E-state index >= 15 is 0 Å². The molecule has 1 fully saturated rings. The van der Waals surface area contributed by atoms with E-state index in [9.17, 15) is 9.32 Å². The molecule has 1 aliphatic rings. The van der Waals surface area contributed by atoms with Crippen LogP contribution in [0.3, 0.4) is 0 Å². The van der Waals surface area contributed by atoms with Gasteiger partial charge in [-0.25, -0.2) is 8.93 Å². The van der Waals surface area contributed by atoms with Crippen LogP contribution in [0.2, 0.25) is 0 Å². The molecule has 60 valence electrons. The lowest BCUT2D eigenvalue weighted by Gasteiger charge is -2.37. The lowest BCUT2D eigenvalue weighted by atomic mass is 9.98. The molecule has 0 aliphatic carbocycles. The van der Waals surface area contributed by atoms with E-state index in [4.69, 9.17) is 0 Å².